The summed E-state index contributed by atoms with van der Waals surface area (Å²) in [6, 6.07) is 2.55. The van der Waals surface area contributed by atoms with Gasteiger partial charge in [0.15, 0.2) is 5.82 Å². The number of fused-ring (bicyclic) bond motifs is 4. The molecule has 5 heterocycles. The number of benzene rings is 1. The van der Waals surface area contributed by atoms with Crippen molar-refractivity contribution in [3.8, 4) is 17.3 Å². The van der Waals surface area contributed by atoms with Crippen LogP contribution in [0.4, 0.5) is 21.2 Å². The van der Waals surface area contributed by atoms with Crippen LogP contribution in [0.5, 0.6) is 0 Å². The number of nitrogens with two attached hydrogens (primary N) is 1. The van der Waals surface area contributed by atoms with Gasteiger partial charge in [-0.2, -0.15) is 10.2 Å². The van der Waals surface area contributed by atoms with Crippen LogP contribution in [0.3, 0.4) is 0 Å². The largest absolute Gasteiger partial charge is 0.513 e. The quantitative estimate of drug-likeness (QED) is 0.114. The Kier molecular flexibility index (Phi) is 11.1. The second-order valence-electron chi connectivity index (χ2n) is 11.5. The molecule has 0 spiro atoms. The van der Waals surface area contributed by atoms with Gasteiger partial charge in [0.2, 0.25) is 5.95 Å². The Morgan fingerprint density at radius 3 is 2.50 bits per heavy atom. The Morgan fingerprint density at radius 1 is 1.28 bits per heavy atom. The van der Waals surface area contributed by atoms with Crippen molar-refractivity contribution in [2.75, 3.05) is 49.7 Å². The number of hydrogen-bond donors (Lipinski definition) is 4. The second kappa shape index (κ2) is 14.6. The molecule has 14 heteroatoms. The summed E-state index contributed by atoms with van der Waals surface area (Å²) in [4.78, 5) is 18.7. The van der Waals surface area contributed by atoms with E-state index in [9.17, 15) is 9.65 Å². The first-order valence-electron chi connectivity index (χ1n) is 14.9. The van der Waals surface area contributed by atoms with Gasteiger partial charge in [0.1, 0.15) is 16.9 Å². The van der Waals surface area contributed by atoms with E-state index in [0.29, 0.717) is 64.6 Å². The van der Waals surface area contributed by atoms with Crippen molar-refractivity contribution in [1.29, 1.82) is 10.7 Å². The molecule has 1 saturated heterocycles. The smallest absolute Gasteiger partial charge is 0.228 e. The molecular formula is C32H41FN9O2PS. The summed E-state index contributed by atoms with van der Waals surface area (Å²) in [5, 5.41) is 31.3. The molecule has 2 aliphatic heterocycles. The highest BCUT2D eigenvalue weighted by molar-refractivity contribution is 7.29. The molecule has 1 aromatic carbocycles. The van der Waals surface area contributed by atoms with Gasteiger partial charge in [-0.1, -0.05) is 26.8 Å². The lowest BCUT2D eigenvalue weighted by atomic mass is 9.94. The van der Waals surface area contributed by atoms with Gasteiger partial charge in [0, 0.05) is 46.5 Å². The van der Waals surface area contributed by atoms with E-state index < -0.39 is 5.82 Å². The van der Waals surface area contributed by atoms with Crippen molar-refractivity contribution in [3.05, 3.63) is 41.0 Å². The van der Waals surface area contributed by atoms with Gasteiger partial charge in [-0.15, -0.1) is 20.6 Å². The number of nitriles is 1. The van der Waals surface area contributed by atoms with Gasteiger partial charge in [-0.05, 0) is 39.1 Å². The third-order valence-corrected chi connectivity index (χ3v) is 8.91. The lowest BCUT2D eigenvalue weighted by Crippen LogP contribution is -2.58. The first kappa shape index (κ1) is 34.9. The van der Waals surface area contributed by atoms with Gasteiger partial charge in [-0.3, -0.25) is 4.98 Å². The number of thiophene rings is 1. The first-order valence-corrected chi connectivity index (χ1v) is 16.3. The number of nitrogens with one attached hydrogen (secondary N) is 2. The van der Waals surface area contributed by atoms with E-state index in [1.54, 1.807) is 6.92 Å². The minimum atomic E-state index is -0.516. The Bertz CT molecular complexity index is 1840. The number of aromatic nitrogens is 3. The van der Waals surface area contributed by atoms with Crippen molar-refractivity contribution < 1.29 is 14.2 Å². The third-order valence-electron chi connectivity index (χ3n) is 7.32. The summed E-state index contributed by atoms with van der Waals surface area (Å²) in [7, 11) is 6.91. The van der Waals surface area contributed by atoms with E-state index in [4.69, 9.17) is 31.0 Å². The number of nitrogen functional groups attached to an aromatic ring is 1. The molecule has 0 saturated carbocycles. The first-order chi connectivity index (χ1) is 21.8. The van der Waals surface area contributed by atoms with Gasteiger partial charge in [-0.25, -0.2) is 9.37 Å². The normalized spacial score (nSPS) is 13.8. The van der Waals surface area contributed by atoms with Gasteiger partial charge in [0.25, 0.3) is 0 Å². The minimum Gasteiger partial charge on any atom is -0.513 e. The summed E-state index contributed by atoms with van der Waals surface area (Å²) >= 11 is 1.05. The molecule has 5 N–H and O–H groups in total. The molecule has 11 nitrogen and oxygen atoms in total. The van der Waals surface area contributed by atoms with Crippen LogP contribution in [0.1, 0.15) is 50.8 Å². The van der Waals surface area contributed by atoms with Crippen molar-refractivity contribution >= 4 is 69.3 Å². The van der Waals surface area contributed by atoms with Crippen molar-refractivity contribution in [2.45, 2.75) is 53.4 Å². The zero-order chi connectivity index (χ0) is 33.9. The predicted octanol–water partition coefficient (Wildman–Crippen LogP) is 5.73. The predicted molar refractivity (Wildman–Crippen MR) is 190 cm³/mol. The number of aliphatic hydroxyl groups excluding tert-OH is 1. The molecule has 0 radical (unpaired) electrons. The minimum absolute atomic E-state index is 0.167. The van der Waals surface area contributed by atoms with Crippen LogP contribution in [-0.2, 0) is 18.0 Å². The summed E-state index contributed by atoms with van der Waals surface area (Å²) in [5.74, 6) is 0.882. The number of nitrogens with zero attached hydrogens (tertiary/aromatic N) is 6. The van der Waals surface area contributed by atoms with Crippen LogP contribution in [-0.4, -0.2) is 70.4 Å². The number of likely N-dealkylation sites (N-methyl/N-ethyl adjacent to an activating group) is 1. The number of aliphatic hydroxyl groups is 1. The highest BCUT2D eigenvalue weighted by Crippen LogP contribution is 2.44. The molecule has 6 rings (SSSR count). The van der Waals surface area contributed by atoms with E-state index >= 15 is 0 Å². The SMILES string of the molecule is C=C(C)O.CC(=N)CNc1nc(N2CC(N(C)C)C2)nc2c(P)c(-c3ncc(F)c4sc(N)c(C#N)c34)c3c(c12)COC3.CCC. The molecule has 3 aromatic heterocycles. The van der Waals surface area contributed by atoms with Crippen LogP contribution < -0.4 is 21.3 Å². The van der Waals surface area contributed by atoms with Crippen LogP contribution >= 0.6 is 20.6 Å². The maximum absolute atomic E-state index is 14.8. The Morgan fingerprint density at radius 2 is 1.91 bits per heavy atom. The van der Waals surface area contributed by atoms with E-state index in [-0.39, 0.29) is 16.3 Å². The van der Waals surface area contributed by atoms with E-state index in [1.807, 2.05) is 0 Å². The average molecular weight is 666 g/mol. The standard InChI is InChI=1S/C26H27FN9OPS.C3H6O.C3H8/c1-11(29)5-32-25-19-15-10-37-9-14(15)17(20-18-13(4-28)24(30)39-23(18)16(27)6-31-20)22(38)21(19)33-26(34-25)36-7-12(8-36)35(2)3;1-3(2)4;1-3-2/h6,12,29H,5,7-10,30,38H2,1-3H3,(H,32,33,34);4H,1H2,2H3;3H2,1-2H3. The molecule has 0 amide bonds. The highest BCUT2D eigenvalue weighted by Gasteiger charge is 2.33. The zero-order valence-electron chi connectivity index (χ0n) is 27.1. The number of anilines is 3. The van der Waals surface area contributed by atoms with Crippen LogP contribution in [0, 0.1) is 22.6 Å². The molecule has 2 aliphatic rings. The highest BCUT2D eigenvalue weighted by atomic mass is 32.1. The Hall–Kier alpha value is -3.95. The zero-order valence-corrected chi connectivity index (χ0v) is 29.1. The molecule has 4 aromatic rings. The number of allylic oxidation sites excluding steroid dienone is 1. The van der Waals surface area contributed by atoms with Crippen molar-refractivity contribution in [3.63, 3.8) is 0 Å². The Labute approximate surface area is 275 Å². The average Bonchev–Trinajstić information content (AvgIpc) is 3.56. The molecule has 46 heavy (non-hydrogen) atoms. The molecule has 1 unspecified atom stereocenters. The van der Waals surface area contributed by atoms with Crippen LogP contribution in [0.15, 0.2) is 18.5 Å². The maximum atomic E-state index is 14.8. The molecule has 0 aliphatic carbocycles. The van der Waals surface area contributed by atoms with Crippen LogP contribution in [0.25, 0.3) is 32.2 Å². The second-order valence-corrected chi connectivity index (χ2v) is 13.2. The molecule has 0 bridgehead atoms. The third kappa shape index (κ3) is 6.90. The molecule has 244 valence electrons. The molecular weight excluding hydrogens is 624 g/mol. The van der Waals surface area contributed by atoms with Gasteiger partial charge < -0.3 is 36.1 Å². The number of halogens is 1. The molecule has 1 fully saturated rings. The van der Waals surface area contributed by atoms with Crippen molar-refractivity contribution in [1.82, 2.24) is 19.9 Å². The van der Waals surface area contributed by atoms with Gasteiger partial charge >= 0.3 is 0 Å². The number of hydrogen-bond acceptors (Lipinski definition) is 12. The van der Waals surface area contributed by atoms with Crippen LogP contribution in [0.2, 0.25) is 0 Å². The van der Waals surface area contributed by atoms with E-state index in [1.165, 1.54) is 19.5 Å². The monoisotopic (exact) mass is 665 g/mol. The molecule has 1 atom stereocenters. The lowest BCUT2D eigenvalue weighted by molar-refractivity contribution is 0.135. The maximum Gasteiger partial charge on any atom is 0.228 e. The summed E-state index contributed by atoms with van der Waals surface area (Å²) in [5.41, 5.74) is 10.5. The van der Waals surface area contributed by atoms with E-state index in [0.717, 1.165) is 51.8 Å². The summed E-state index contributed by atoms with van der Waals surface area (Å²) < 4.78 is 21.0. The number of pyridine rings is 1. The van der Waals surface area contributed by atoms with E-state index in [2.05, 4.69) is 69.9 Å². The number of ether oxygens (including phenoxy) is 1. The lowest BCUT2D eigenvalue weighted by Gasteiger charge is -2.42. The Balaban J connectivity index is 0.000000628. The summed E-state index contributed by atoms with van der Waals surface area (Å²) in [6.07, 6.45) is 2.43. The number of rotatable bonds is 6. The fourth-order valence-corrected chi connectivity index (χ4v) is 6.62. The van der Waals surface area contributed by atoms with Crippen molar-refractivity contribution in [2.24, 2.45) is 0 Å². The fourth-order valence-electron chi connectivity index (χ4n) is 5.18. The summed E-state index contributed by atoms with van der Waals surface area (Å²) in [6.45, 7) is 13.2. The van der Waals surface area contributed by atoms with Gasteiger partial charge in [0.05, 0.1) is 53.2 Å². The fraction of sp³-hybridized carbons (Fsp3) is 0.406. The topological polar surface area (TPSA) is 160 Å².